The van der Waals surface area contributed by atoms with E-state index in [-0.39, 0.29) is 31.0 Å². The number of aliphatic carboxylic acids is 1. The van der Waals surface area contributed by atoms with Crippen LogP contribution >= 0.6 is 11.6 Å². The van der Waals surface area contributed by atoms with Crippen LogP contribution in [0.15, 0.2) is 42.5 Å². The van der Waals surface area contributed by atoms with Crippen molar-refractivity contribution in [2.75, 3.05) is 6.54 Å². The fraction of sp³-hybridized carbons (Fsp3) is 0.208. The van der Waals surface area contributed by atoms with Gasteiger partial charge >= 0.3 is 5.97 Å². The molecule has 1 aromatic heterocycles. The molecule has 0 saturated carbocycles. The number of aryl methyl sites for hydroxylation is 2. The Balaban J connectivity index is 1.77. The molecule has 0 fully saturated rings. The summed E-state index contributed by atoms with van der Waals surface area (Å²) in [7, 11) is 0. The number of carbonyl (C=O) groups excluding carboxylic acids is 2. The molecule has 33 heavy (non-hydrogen) atoms. The number of benzene rings is 2. The lowest BCUT2D eigenvalue weighted by Gasteiger charge is -2.11. The predicted molar refractivity (Wildman–Crippen MR) is 125 cm³/mol. The molecule has 0 spiro atoms. The SMILES string of the molecule is Cc1nc(C)c(-c2ccc(-c3ccc(CC(=O)NCCC(=O)O)cc3Cl)cc2)nc1C(N)=O. The van der Waals surface area contributed by atoms with Crippen molar-refractivity contribution >= 4 is 29.4 Å². The van der Waals surface area contributed by atoms with Crippen molar-refractivity contribution < 1.29 is 19.5 Å². The second-order valence-corrected chi connectivity index (χ2v) is 7.93. The third-order valence-electron chi connectivity index (χ3n) is 5.01. The van der Waals surface area contributed by atoms with Gasteiger partial charge in [-0.05, 0) is 31.0 Å². The molecule has 8 nitrogen and oxygen atoms in total. The van der Waals surface area contributed by atoms with E-state index in [2.05, 4.69) is 15.3 Å². The minimum Gasteiger partial charge on any atom is -0.481 e. The van der Waals surface area contributed by atoms with Crippen molar-refractivity contribution in [3.63, 3.8) is 0 Å². The lowest BCUT2D eigenvalue weighted by molar-refractivity contribution is -0.136. The van der Waals surface area contributed by atoms with Crippen molar-refractivity contribution in [3.8, 4) is 22.4 Å². The third kappa shape index (κ3) is 5.93. The number of rotatable bonds is 8. The van der Waals surface area contributed by atoms with Crippen LogP contribution in [0.5, 0.6) is 0 Å². The highest BCUT2D eigenvalue weighted by Crippen LogP contribution is 2.31. The van der Waals surface area contributed by atoms with Crippen LogP contribution in [0.2, 0.25) is 5.02 Å². The molecule has 0 aliphatic rings. The summed E-state index contributed by atoms with van der Waals surface area (Å²) in [4.78, 5) is 42.9. The molecule has 9 heteroatoms. The Morgan fingerprint density at radius 2 is 1.67 bits per heavy atom. The summed E-state index contributed by atoms with van der Waals surface area (Å²) < 4.78 is 0. The summed E-state index contributed by atoms with van der Waals surface area (Å²) in [5, 5.41) is 11.7. The van der Waals surface area contributed by atoms with E-state index in [9.17, 15) is 14.4 Å². The van der Waals surface area contributed by atoms with Crippen LogP contribution in [-0.2, 0) is 16.0 Å². The van der Waals surface area contributed by atoms with Gasteiger partial charge in [-0.2, -0.15) is 0 Å². The van der Waals surface area contributed by atoms with Crippen molar-refractivity contribution in [2.45, 2.75) is 26.7 Å². The zero-order valence-electron chi connectivity index (χ0n) is 18.2. The molecule has 1 heterocycles. The number of amides is 2. The maximum atomic E-state index is 12.0. The summed E-state index contributed by atoms with van der Waals surface area (Å²) in [6.45, 7) is 3.60. The third-order valence-corrected chi connectivity index (χ3v) is 5.32. The number of primary amides is 1. The molecule has 2 aromatic carbocycles. The first-order valence-corrected chi connectivity index (χ1v) is 10.6. The molecule has 0 aliphatic heterocycles. The smallest absolute Gasteiger partial charge is 0.305 e. The zero-order valence-corrected chi connectivity index (χ0v) is 18.9. The van der Waals surface area contributed by atoms with Crippen LogP contribution in [-0.4, -0.2) is 39.4 Å². The van der Waals surface area contributed by atoms with E-state index in [0.29, 0.717) is 22.1 Å². The Kier molecular flexibility index (Phi) is 7.40. The number of carboxylic acid groups (broad SMARTS) is 1. The molecule has 0 unspecified atom stereocenters. The number of hydrogen-bond acceptors (Lipinski definition) is 5. The van der Waals surface area contributed by atoms with Gasteiger partial charge in [0.15, 0.2) is 0 Å². The number of halogens is 1. The Labute approximate surface area is 195 Å². The number of carboxylic acids is 1. The highest BCUT2D eigenvalue weighted by molar-refractivity contribution is 6.33. The Hall–Kier alpha value is -3.78. The normalized spacial score (nSPS) is 10.6. The summed E-state index contributed by atoms with van der Waals surface area (Å²) in [5.41, 5.74) is 10.5. The number of carbonyl (C=O) groups is 3. The van der Waals surface area contributed by atoms with E-state index in [1.165, 1.54) is 0 Å². The Morgan fingerprint density at radius 1 is 1.00 bits per heavy atom. The number of nitrogens with two attached hydrogens (primary N) is 1. The maximum Gasteiger partial charge on any atom is 0.305 e. The lowest BCUT2D eigenvalue weighted by Crippen LogP contribution is -2.27. The van der Waals surface area contributed by atoms with E-state index in [0.717, 1.165) is 22.3 Å². The van der Waals surface area contributed by atoms with Crippen LogP contribution in [0.1, 0.15) is 33.9 Å². The van der Waals surface area contributed by atoms with Crippen LogP contribution in [0, 0.1) is 13.8 Å². The Morgan fingerprint density at radius 3 is 2.27 bits per heavy atom. The molecule has 3 aromatic rings. The van der Waals surface area contributed by atoms with E-state index >= 15 is 0 Å². The second-order valence-electron chi connectivity index (χ2n) is 7.52. The van der Waals surface area contributed by atoms with Gasteiger partial charge in [-0.15, -0.1) is 0 Å². The summed E-state index contributed by atoms with van der Waals surface area (Å²) >= 11 is 6.47. The summed E-state index contributed by atoms with van der Waals surface area (Å²) in [5.74, 6) is -1.86. The second kappa shape index (κ2) is 10.2. The average molecular weight is 467 g/mol. The highest BCUT2D eigenvalue weighted by Gasteiger charge is 2.14. The van der Waals surface area contributed by atoms with Crippen LogP contribution in [0.25, 0.3) is 22.4 Å². The molecule has 0 atom stereocenters. The fourth-order valence-corrected chi connectivity index (χ4v) is 3.72. The largest absolute Gasteiger partial charge is 0.481 e. The fourth-order valence-electron chi connectivity index (χ4n) is 3.40. The molecule has 0 saturated heterocycles. The van der Waals surface area contributed by atoms with Gasteiger partial charge in [0.2, 0.25) is 5.91 Å². The van der Waals surface area contributed by atoms with Gasteiger partial charge in [0, 0.05) is 22.7 Å². The number of hydrogen-bond donors (Lipinski definition) is 3. The highest BCUT2D eigenvalue weighted by atomic mass is 35.5. The summed E-state index contributed by atoms with van der Waals surface area (Å²) in [6.07, 6.45) is -0.0227. The van der Waals surface area contributed by atoms with Gasteiger partial charge in [0.1, 0.15) is 5.69 Å². The zero-order chi connectivity index (χ0) is 24.1. The maximum absolute atomic E-state index is 12.0. The minimum absolute atomic E-state index is 0.0814. The van der Waals surface area contributed by atoms with Crippen molar-refractivity contribution in [2.24, 2.45) is 5.73 Å². The lowest BCUT2D eigenvalue weighted by atomic mass is 10.00. The molecule has 4 N–H and O–H groups in total. The van der Waals surface area contributed by atoms with E-state index in [1.54, 1.807) is 19.1 Å². The van der Waals surface area contributed by atoms with Crippen molar-refractivity contribution in [1.82, 2.24) is 15.3 Å². The Bertz CT molecular complexity index is 1230. The van der Waals surface area contributed by atoms with Gasteiger partial charge in [0.05, 0.1) is 29.9 Å². The van der Waals surface area contributed by atoms with E-state index in [1.807, 2.05) is 37.3 Å². The molecule has 170 valence electrons. The first kappa shape index (κ1) is 23.9. The minimum atomic E-state index is -0.966. The van der Waals surface area contributed by atoms with Gasteiger partial charge < -0.3 is 16.2 Å². The van der Waals surface area contributed by atoms with Gasteiger partial charge in [0.25, 0.3) is 5.91 Å². The first-order chi connectivity index (χ1) is 15.7. The average Bonchev–Trinajstić information content (AvgIpc) is 2.74. The van der Waals surface area contributed by atoms with Crippen LogP contribution in [0.4, 0.5) is 0 Å². The number of aromatic nitrogens is 2. The van der Waals surface area contributed by atoms with E-state index in [4.69, 9.17) is 22.4 Å². The number of nitrogens with zero attached hydrogens (tertiary/aromatic N) is 2. The van der Waals surface area contributed by atoms with Crippen molar-refractivity contribution in [1.29, 1.82) is 0 Å². The summed E-state index contributed by atoms with van der Waals surface area (Å²) in [6, 6.07) is 12.9. The van der Waals surface area contributed by atoms with Gasteiger partial charge in [-0.25, -0.2) is 4.98 Å². The van der Waals surface area contributed by atoms with Crippen LogP contribution < -0.4 is 11.1 Å². The standard InChI is InChI=1S/C24H23ClN4O4/c1-13-22(29-23(24(26)33)14(2)28-13)17-6-4-16(5-7-17)18-8-3-15(11-19(18)25)12-20(30)27-10-9-21(31)32/h3-8,11H,9-10,12H2,1-2H3,(H2,26,33)(H,27,30)(H,31,32). The van der Waals surface area contributed by atoms with Crippen molar-refractivity contribution in [3.05, 3.63) is 70.1 Å². The molecule has 2 amide bonds. The van der Waals surface area contributed by atoms with Gasteiger partial charge in [-0.1, -0.05) is 48.0 Å². The molecule has 3 rings (SSSR count). The predicted octanol–water partition coefficient (Wildman–Crippen LogP) is 3.31. The monoisotopic (exact) mass is 466 g/mol. The molecular formula is C24H23ClN4O4. The first-order valence-electron chi connectivity index (χ1n) is 10.2. The van der Waals surface area contributed by atoms with Crippen LogP contribution in [0.3, 0.4) is 0 Å². The number of nitrogens with one attached hydrogen (secondary N) is 1. The quantitative estimate of drug-likeness (QED) is 0.466. The topological polar surface area (TPSA) is 135 Å². The molecule has 0 aliphatic carbocycles. The molecule has 0 radical (unpaired) electrons. The molecule has 0 bridgehead atoms. The van der Waals surface area contributed by atoms with E-state index < -0.39 is 11.9 Å². The van der Waals surface area contributed by atoms with Gasteiger partial charge in [-0.3, -0.25) is 19.4 Å². The molecular weight excluding hydrogens is 444 g/mol.